The van der Waals surface area contributed by atoms with Crippen LogP contribution in [0.15, 0.2) is 24.5 Å². The molecule has 0 saturated carbocycles. The Balaban J connectivity index is 2.27. The summed E-state index contributed by atoms with van der Waals surface area (Å²) < 4.78 is 1.93. The Bertz CT molecular complexity index is 581. The number of Topliss-reactive ketones (excluding diaryl/α,β-unsaturated/α-hetero) is 1. The number of fused-ring (bicyclic) bond motifs is 1. The molecule has 18 heavy (non-hydrogen) atoms. The standard InChI is InChI=1S/C14H20N2OSi/c1-11-10-16-8-5-6-12(14(16)15-11)13(17)7-9-18(2,3)4/h5-6,8,10H,7,9H2,1-4H3. The summed E-state index contributed by atoms with van der Waals surface area (Å²) in [5, 5.41) is 0. The molecule has 2 rings (SSSR count). The minimum atomic E-state index is -1.16. The van der Waals surface area contributed by atoms with E-state index in [4.69, 9.17) is 0 Å². The molecule has 0 unspecified atom stereocenters. The number of aryl methyl sites for hydroxylation is 1. The first-order valence-electron chi connectivity index (χ1n) is 6.34. The highest BCUT2D eigenvalue weighted by atomic mass is 28.3. The van der Waals surface area contributed by atoms with Gasteiger partial charge >= 0.3 is 0 Å². The Morgan fingerprint density at radius 1 is 1.39 bits per heavy atom. The largest absolute Gasteiger partial charge is 0.306 e. The maximum Gasteiger partial charge on any atom is 0.166 e. The van der Waals surface area contributed by atoms with Crippen LogP contribution in [0.2, 0.25) is 25.7 Å². The Labute approximate surface area is 109 Å². The Hall–Kier alpha value is -1.42. The minimum absolute atomic E-state index is 0.216. The van der Waals surface area contributed by atoms with Gasteiger partial charge in [0.15, 0.2) is 5.78 Å². The molecule has 0 radical (unpaired) electrons. The van der Waals surface area contributed by atoms with Crippen LogP contribution in [0.25, 0.3) is 5.65 Å². The van der Waals surface area contributed by atoms with Crippen molar-refractivity contribution in [3.8, 4) is 0 Å². The van der Waals surface area contributed by atoms with Gasteiger partial charge in [-0.2, -0.15) is 0 Å². The van der Waals surface area contributed by atoms with Gasteiger partial charge in [-0.3, -0.25) is 4.79 Å². The van der Waals surface area contributed by atoms with Gasteiger partial charge < -0.3 is 4.40 Å². The molecule has 96 valence electrons. The summed E-state index contributed by atoms with van der Waals surface area (Å²) in [6, 6.07) is 4.83. The Kier molecular flexibility index (Phi) is 3.39. The van der Waals surface area contributed by atoms with Gasteiger partial charge in [0.1, 0.15) is 5.65 Å². The quantitative estimate of drug-likeness (QED) is 0.622. The number of hydrogen-bond acceptors (Lipinski definition) is 2. The molecular weight excluding hydrogens is 240 g/mol. The van der Waals surface area contributed by atoms with Gasteiger partial charge in [0.25, 0.3) is 0 Å². The molecule has 0 amide bonds. The molecule has 4 heteroatoms. The van der Waals surface area contributed by atoms with Crippen LogP contribution in [-0.2, 0) is 0 Å². The lowest BCUT2D eigenvalue weighted by atomic mass is 10.1. The van der Waals surface area contributed by atoms with Crippen molar-refractivity contribution in [3.63, 3.8) is 0 Å². The van der Waals surface area contributed by atoms with Crippen LogP contribution in [-0.4, -0.2) is 23.2 Å². The van der Waals surface area contributed by atoms with Crippen LogP contribution in [0.1, 0.15) is 22.5 Å². The first-order valence-corrected chi connectivity index (χ1v) is 10.0. The molecule has 0 fully saturated rings. The molecule has 0 spiro atoms. The predicted octanol–water partition coefficient (Wildman–Crippen LogP) is 3.55. The van der Waals surface area contributed by atoms with Crippen LogP contribution >= 0.6 is 0 Å². The summed E-state index contributed by atoms with van der Waals surface area (Å²) in [6.07, 6.45) is 4.52. The van der Waals surface area contributed by atoms with E-state index in [1.807, 2.05) is 35.9 Å². The van der Waals surface area contributed by atoms with Gasteiger partial charge in [0.05, 0.1) is 11.3 Å². The molecule has 0 bridgehead atoms. The molecule has 3 nitrogen and oxygen atoms in total. The van der Waals surface area contributed by atoms with E-state index >= 15 is 0 Å². The third-order valence-corrected chi connectivity index (χ3v) is 4.76. The summed E-state index contributed by atoms with van der Waals surface area (Å²) in [6.45, 7) is 8.82. The lowest BCUT2D eigenvalue weighted by Gasteiger charge is -2.14. The summed E-state index contributed by atoms with van der Waals surface area (Å²) in [7, 11) is -1.16. The van der Waals surface area contributed by atoms with Gasteiger partial charge in [-0.25, -0.2) is 4.98 Å². The highest BCUT2D eigenvalue weighted by molar-refractivity contribution is 6.76. The maximum atomic E-state index is 12.3. The SMILES string of the molecule is Cc1cn2cccc(C(=O)CC[Si](C)(C)C)c2n1. The summed E-state index contributed by atoms with van der Waals surface area (Å²) in [4.78, 5) is 16.7. The fourth-order valence-corrected chi connectivity index (χ4v) is 2.95. The highest BCUT2D eigenvalue weighted by Crippen LogP contribution is 2.17. The molecule has 2 heterocycles. The van der Waals surface area contributed by atoms with Gasteiger partial charge in [0, 0.05) is 26.9 Å². The van der Waals surface area contributed by atoms with Crippen LogP contribution in [0.4, 0.5) is 0 Å². The summed E-state index contributed by atoms with van der Waals surface area (Å²) in [5.41, 5.74) is 2.49. The smallest absolute Gasteiger partial charge is 0.166 e. The van der Waals surface area contributed by atoms with Crippen molar-refractivity contribution in [2.24, 2.45) is 0 Å². The second kappa shape index (κ2) is 4.69. The van der Waals surface area contributed by atoms with E-state index in [2.05, 4.69) is 24.6 Å². The fourth-order valence-electron chi connectivity index (χ4n) is 1.98. The topological polar surface area (TPSA) is 34.4 Å². The minimum Gasteiger partial charge on any atom is -0.306 e. The van der Waals surface area contributed by atoms with E-state index in [9.17, 15) is 4.79 Å². The van der Waals surface area contributed by atoms with E-state index in [1.54, 1.807) is 0 Å². The van der Waals surface area contributed by atoms with Crippen LogP contribution in [0.3, 0.4) is 0 Å². The second-order valence-electron chi connectivity index (χ2n) is 6.02. The predicted molar refractivity (Wildman–Crippen MR) is 77.0 cm³/mol. The zero-order valence-electron chi connectivity index (χ0n) is 11.5. The Morgan fingerprint density at radius 2 is 2.11 bits per heavy atom. The van der Waals surface area contributed by atoms with Crippen LogP contribution in [0, 0.1) is 6.92 Å². The van der Waals surface area contributed by atoms with E-state index < -0.39 is 8.07 Å². The van der Waals surface area contributed by atoms with Crippen molar-refractivity contribution in [1.82, 2.24) is 9.38 Å². The fraction of sp³-hybridized carbons (Fsp3) is 0.429. The third kappa shape index (κ3) is 2.87. The average molecular weight is 260 g/mol. The normalized spacial score (nSPS) is 12.0. The van der Waals surface area contributed by atoms with Gasteiger partial charge in [-0.1, -0.05) is 25.7 Å². The molecule has 0 aliphatic rings. The summed E-state index contributed by atoms with van der Waals surface area (Å²) >= 11 is 0. The molecular formula is C14H20N2OSi. The van der Waals surface area contributed by atoms with Crippen molar-refractivity contribution in [2.45, 2.75) is 39.0 Å². The van der Waals surface area contributed by atoms with Crippen molar-refractivity contribution in [2.75, 3.05) is 0 Å². The maximum absolute atomic E-state index is 12.3. The first kappa shape index (κ1) is 13.0. The monoisotopic (exact) mass is 260 g/mol. The molecule has 0 N–H and O–H groups in total. The van der Waals surface area contributed by atoms with Crippen LogP contribution < -0.4 is 0 Å². The number of nitrogens with zero attached hydrogens (tertiary/aromatic N) is 2. The van der Waals surface area contributed by atoms with Gasteiger partial charge in [-0.05, 0) is 19.1 Å². The highest BCUT2D eigenvalue weighted by Gasteiger charge is 2.18. The molecule has 2 aromatic rings. The van der Waals surface area contributed by atoms with Crippen molar-refractivity contribution >= 4 is 19.5 Å². The summed E-state index contributed by atoms with van der Waals surface area (Å²) in [5.74, 6) is 0.216. The molecule has 0 aliphatic carbocycles. The number of carbonyl (C=O) groups is 1. The lowest BCUT2D eigenvalue weighted by molar-refractivity contribution is 0.0989. The zero-order chi connectivity index (χ0) is 13.3. The number of hydrogen-bond donors (Lipinski definition) is 0. The molecule has 0 aliphatic heterocycles. The van der Waals surface area contributed by atoms with Gasteiger partial charge in [0.2, 0.25) is 0 Å². The zero-order valence-corrected chi connectivity index (χ0v) is 12.5. The molecule has 0 aromatic carbocycles. The molecule has 0 saturated heterocycles. The number of ketones is 1. The van der Waals surface area contributed by atoms with Crippen molar-refractivity contribution in [1.29, 1.82) is 0 Å². The molecule has 0 atom stereocenters. The van der Waals surface area contributed by atoms with E-state index in [0.717, 1.165) is 22.9 Å². The van der Waals surface area contributed by atoms with Crippen LogP contribution in [0.5, 0.6) is 0 Å². The molecule has 2 aromatic heterocycles. The lowest BCUT2D eigenvalue weighted by Crippen LogP contribution is -2.20. The number of imidazole rings is 1. The number of rotatable bonds is 4. The van der Waals surface area contributed by atoms with Crippen molar-refractivity contribution in [3.05, 3.63) is 35.8 Å². The first-order chi connectivity index (χ1) is 8.37. The van der Waals surface area contributed by atoms with Crippen molar-refractivity contribution < 1.29 is 4.79 Å². The Morgan fingerprint density at radius 3 is 2.78 bits per heavy atom. The number of pyridine rings is 1. The average Bonchev–Trinajstić information content (AvgIpc) is 2.64. The van der Waals surface area contributed by atoms with E-state index in [-0.39, 0.29) is 5.78 Å². The van der Waals surface area contributed by atoms with E-state index in [0.29, 0.717) is 6.42 Å². The number of carbonyl (C=O) groups excluding carboxylic acids is 1. The number of aromatic nitrogens is 2. The van der Waals surface area contributed by atoms with E-state index in [1.165, 1.54) is 0 Å². The van der Waals surface area contributed by atoms with Gasteiger partial charge in [-0.15, -0.1) is 0 Å². The second-order valence-corrected chi connectivity index (χ2v) is 11.6. The third-order valence-electron chi connectivity index (χ3n) is 3.01.